The summed E-state index contributed by atoms with van der Waals surface area (Å²) >= 11 is 0. The minimum Gasteiger partial charge on any atom is -0.385 e. The summed E-state index contributed by atoms with van der Waals surface area (Å²) in [7, 11) is 0. The van der Waals surface area contributed by atoms with Gasteiger partial charge in [-0.25, -0.2) is 22.0 Å². The number of benzene rings is 1. The predicted molar refractivity (Wildman–Crippen MR) is 46.1 cm³/mol. The second kappa shape index (κ2) is 4.01. The van der Waals surface area contributed by atoms with Crippen LogP contribution in [0.5, 0.6) is 0 Å². The lowest BCUT2D eigenvalue weighted by atomic mass is 9.92. The van der Waals surface area contributed by atoms with Gasteiger partial charge in [0.25, 0.3) is 0 Å². The summed E-state index contributed by atoms with van der Waals surface area (Å²) in [5, 5.41) is 9.56. The molecular formula is C10H9F5O. The highest BCUT2D eigenvalue weighted by Crippen LogP contribution is 2.33. The van der Waals surface area contributed by atoms with Gasteiger partial charge in [-0.2, -0.15) is 0 Å². The molecule has 1 unspecified atom stereocenters. The van der Waals surface area contributed by atoms with Crippen LogP contribution in [0.3, 0.4) is 0 Å². The number of hydrogen-bond donors (Lipinski definition) is 1. The molecule has 0 amide bonds. The van der Waals surface area contributed by atoms with Crippen molar-refractivity contribution in [2.24, 2.45) is 0 Å². The molecule has 16 heavy (non-hydrogen) atoms. The fourth-order valence-corrected chi connectivity index (χ4v) is 1.25. The van der Waals surface area contributed by atoms with Crippen LogP contribution in [0.1, 0.15) is 25.8 Å². The minimum atomic E-state index is -2.23. The molecule has 1 N–H and O–H groups in total. The number of rotatable bonds is 2. The van der Waals surface area contributed by atoms with E-state index in [9.17, 15) is 27.1 Å². The van der Waals surface area contributed by atoms with E-state index in [1.807, 2.05) is 0 Å². The molecule has 0 fully saturated rings. The normalized spacial score (nSPS) is 15.0. The summed E-state index contributed by atoms with van der Waals surface area (Å²) in [5.74, 6) is -10.3. The van der Waals surface area contributed by atoms with E-state index in [1.165, 1.54) is 6.92 Å². The van der Waals surface area contributed by atoms with Crippen LogP contribution >= 0.6 is 0 Å². The Labute approximate surface area is 88.5 Å². The Bertz CT molecular complexity index is 399. The van der Waals surface area contributed by atoms with E-state index in [-0.39, 0.29) is 6.42 Å². The highest BCUT2D eigenvalue weighted by atomic mass is 19.2. The average Bonchev–Trinajstić information content (AvgIpc) is 2.23. The monoisotopic (exact) mass is 240 g/mol. The van der Waals surface area contributed by atoms with Crippen molar-refractivity contribution in [3.63, 3.8) is 0 Å². The number of hydrogen-bond acceptors (Lipinski definition) is 1. The van der Waals surface area contributed by atoms with E-state index in [4.69, 9.17) is 0 Å². The van der Waals surface area contributed by atoms with Gasteiger partial charge in [0.2, 0.25) is 5.82 Å². The van der Waals surface area contributed by atoms with Crippen molar-refractivity contribution in [2.45, 2.75) is 25.9 Å². The quantitative estimate of drug-likeness (QED) is 0.478. The lowest BCUT2D eigenvalue weighted by molar-refractivity contribution is 0.0430. The summed E-state index contributed by atoms with van der Waals surface area (Å²) in [5.41, 5.74) is -3.31. The van der Waals surface area contributed by atoms with Gasteiger partial charge < -0.3 is 5.11 Å². The Balaban J connectivity index is 3.65. The van der Waals surface area contributed by atoms with Crippen LogP contribution in [0.25, 0.3) is 0 Å². The first-order chi connectivity index (χ1) is 7.24. The summed E-state index contributed by atoms with van der Waals surface area (Å²) in [6.07, 6.45) is -0.189. The first-order valence-electron chi connectivity index (χ1n) is 4.48. The van der Waals surface area contributed by atoms with Crippen LogP contribution in [0.4, 0.5) is 22.0 Å². The van der Waals surface area contributed by atoms with Crippen molar-refractivity contribution in [1.29, 1.82) is 0 Å². The van der Waals surface area contributed by atoms with Gasteiger partial charge in [0.1, 0.15) is 0 Å². The fourth-order valence-electron chi connectivity index (χ4n) is 1.25. The molecule has 0 aliphatic rings. The summed E-state index contributed by atoms with van der Waals surface area (Å²) in [6, 6.07) is 0. The third kappa shape index (κ3) is 1.77. The molecule has 6 heteroatoms. The maximum absolute atomic E-state index is 13.2. The Hall–Kier alpha value is -1.17. The zero-order valence-corrected chi connectivity index (χ0v) is 8.54. The molecule has 0 saturated carbocycles. The van der Waals surface area contributed by atoms with E-state index in [0.717, 1.165) is 6.92 Å². The van der Waals surface area contributed by atoms with Crippen molar-refractivity contribution in [3.8, 4) is 0 Å². The van der Waals surface area contributed by atoms with E-state index in [1.54, 1.807) is 0 Å². The van der Waals surface area contributed by atoms with Crippen LogP contribution in [-0.2, 0) is 5.60 Å². The van der Waals surface area contributed by atoms with E-state index in [2.05, 4.69) is 0 Å². The summed E-state index contributed by atoms with van der Waals surface area (Å²) < 4.78 is 64.7. The highest BCUT2D eigenvalue weighted by Gasteiger charge is 2.35. The Morgan fingerprint density at radius 3 is 1.50 bits per heavy atom. The predicted octanol–water partition coefficient (Wildman–Crippen LogP) is 3.00. The molecule has 0 aliphatic carbocycles. The molecular weight excluding hydrogens is 231 g/mol. The zero-order valence-electron chi connectivity index (χ0n) is 8.54. The molecule has 0 radical (unpaired) electrons. The molecule has 0 spiro atoms. The van der Waals surface area contributed by atoms with Crippen molar-refractivity contribution in [3.05, 3.63) is 34.6 Å². The third-order valence-electron chi connectivity index (χ3n) is 2.44. The van der Waals surface area contributed by atoms with Crippen molar-refractivity contribution >= 4 is 0 Å². The van der Waals surface area contributed by atoms with Crippen LogP contribution in [0, 0.1) is 29.1 Å². The molecule has 1 atom stereocenters. The first-order valence-corrected chi connectivity index (χ1v) is 4.48. The molecule has 90 valence electrons. The van der Waals surface area contributed by atoms with Crippen molar-refractivity contribution in [2.75, 3.05) is 0 Å². The second-order valence-electron chi connectivity index (χ2n) is 3.57. The lowest BCUT2D eigenvalue weighted by Crippen LogP contribution is -2.25. The standard InChI is InChI=1S/C10H9F5O/c1-3-10(2,16)4-5(11)7(13)9(15)8(14)6(4)12/h16H,3H2,1-2H3. The van der Waals surface area contributed by atoms with Crippen molar-refractivity contribution < 1.29 is 27.1 Å². The topological polar surface area (TPSA) is 20.2 Å². The van der Waals surface area contributed by atoms with Crippen LogP contribution < -0.4 is 0 Å². The van der Waals surface area contributed by atoms with Gasteiger partial charge in [-0.05, 0) is 13.3 Å². The molecule has 0 saturated heterocycles. The van der Waals surface area contributed by atoms with Crippen LogP contribution in [0.2, 0.25) is 0 Å². The largest absolute Gasteiger partial charge is 0.385 e. The molecule has 1 nitrogen and oxygen atoms in total. The maximum atomic E-state index is 13.2. The Morgan fingerprint density at radius 2 is 1.19 bits per heavy atom. The highest BCUT2D eigenvalue weighted by molar-refractivity contribution is 5.28. The zero-order chi connectivity index (χ0) is 12.7. The Morgan fingerprint density at radius 1 is 0.875 bits per heavy atom. The van der Waals surface area contributed by atoms with Gasteiger partial charge in [0.05, 0.1) is 11.2 Å². The molecule has 0 aromatic heterocycles. The van der Waals surface area contributed by atoms with Gasteiger partial charge >= 0.3 is 0 Å². The second-order valence-corrected chi connectivity index (χ2v) is 3.57. The van der Waals surface area contributed by atoms with Crippen LogP contribution in [0.15, 0.2) is 0 Å². The number of aliphatic hydroxyl groups is 1. The smallest absolute Gasteiger partial charge is 0.200 e. The van der Waals surface area contributed by atoms with Gasteiger partial charge in [-0.1, -0.05) is 6.92 Å². The minimum absolute atomic E-state index is 0.189. The van der Waals surface area contributed by atoms with Gasteiger partial charge in [0, 0.05) is 0 Å². The van der Waals surface area contributed by atoms with E-state index < -0.39 is 40.3 Å². The number of halogens is 5. The Kier molecular flexibility index (Phi) is 3.23. The van der Waals surface area contributed by atoms with E-state index in [0.29, 0.717) is 0 Å². The fraction of sp³-hybridized carbons (Fsp3) is 0.400. The lowest BCUT2D eigenvalue weighted by Gasteiger charge is -2.23. The molecule has 0 heterocycles. The average molecular weight is 240 g/mol. The molecule has 1 aromatic rings. The summed E-state index contributed by atoms with van der Waals surface area (Å²) in [4.78, 5) is 0. The van der Waals surface area contributed by atoms with Crippen molar-refractivity contribution in [1.82, 2.24) is 0 Å². The molecule has 1 rings (SSSR count). The first kappa shape index (κ1) is 12.9. The van der Waals surface area contributed by atoms with Crippen LogP contribution in [-0.4, -0.2) is 5.11 Å². The molecule has 0 bridgehead atoms. The molecule has 0 aliphatic heterocycles. The third-order valence-corrected chi connectivity index (χ3v) is 2.44. The summed E-state index contributed by atoms with van der Waals surface area (Å²) in [6.45, 7) is 2.34. The van der Waals surface area contributed by atoms with Gasteiger partial charge in [-0.3, -0.25) is 0 Å². The van der Waals surface area contributed by atoms with E-state index >= 15 is 0 Å². The molecule has 1 aromatic carbocycles. The van der Waals surface area contributed by atoms with Gasteiger partial charge in [0.15, 0.2) is 23.3 Å². The van der Waals surface area contributed by atoms with Gasteiger partial charge in [-0.15, -0.1) is 0 Å². The SMILES string of the molecule is CCC(C)(O)c1c(F)c(F)c(F)c(F)c1F. The maximum Gasteiger partial charge on any atom is 0.200 e.